The van der Waals surface area contributed by atoms with Gasteiger partial charge < -0.3 is 9.13 Å². The maximum atomic E-state index is 5.05. The highest BCUT2D eigenvalue weighted by Crippen LogP contribution is 2.42. The zero-order valence-corrected chi connectivity index (χ0v) is 29.1. The lowest BCUT2D eigenvalue weighted by Gasteiger charge is -2.13. The predicted octanol–water partition coefficient (Wildman–Crippen LogP) is 12.2. The SMILES string of the molecule is c1ccc(-c2nc(-c3ccccc3)nc(-c3cccc4cc(-[15n]5c6ccccc6c6c7c8ccccc8[15n](-c8ccccc8)c7ccc65)ccc34)n2)cc1. The number of hydrogen-bond donors (Lipinski definition) is 0. The Bertz CT molecular complexity index is 3140. The number of rotatable bonds is 5. The minimum absolute atomic E-state index is 0.648. The maximum absolute atomic E-state index is 5.05. The molecule has 11 rings (SSSR count). The first kappa shape index (κ1) is 30.3. The second kappa shape index (κ2) is 12.1. The zero-order chi connectivity index (χ0) is 35.6. The molecule has 0 saturated heterocycles. The molecular formula is C49H31N5. The van der Waals surface area contributed by atoms with Crippen molar-refractivity contribution in [3.05, 3.63) is 188 Å². The lowest BCUT2D eigenvalue weighted by Crippen LogP contribution is -2.00. The molecule has 0 bridgehead atoms. The molecule has 54 heavy (non-hydrogen) atoms. The van der Waals surface area contributed by atoms with E-state index in [0.29, 0.717) is 17.5 Å². The first-order valence-electron chi connectivity index (χ1n) is 18.2. The second-order valence-corrected chi connectivity index (χ2v) is 13.6. The van der Waals surface area contributed by atoms with Crippen molar-refractivity contribution in [1.82, 2.24) is 24.1 Å². The largest absolute Gasteiger partial charge is 0.309 e. The molecule has 0 unspecified atom stereocenters. The fourth-order valence-electron chi connectivity index (χ4n) is 8.19. The summed E-state index contributed by atoms with van der Waals surface area (Å²) in [7, 11) is 0. The molecule has 0 fully saturated rings. The average molecular weight is 692 g/mol. The number of para-hydroxylation sites is 3. The second-order valence-electron chi connectivity index (χ2n) is 13.6. The highest BCUT2D eigenvalue weighted by Gasteiger charge is 2.21. The topological polar surface area (TPSA) is 48.5 Å². The lowest BCUT2D eigenvalue weighted by atomic mass is 10.0. The molecule has 0 radical (unpaired) electrons. The summed E-state index contributed by atoms with van der Waals surface area (Å²) >= 11 is 0. The van der Waals surface area contributed by atoms with Gasteiger partial charge in [0.25, 0.3) is 0 Å². The van der Waals surface area contributed by atoms with Crippen molar-refractivity contribution in [2.45, 2.75) is 0 Å². The van der Waals surface area contributed by atoms with Gasteiger partial charge in [-0.15, -0.1) is 0 Å². The highest BCUT2D eigenvalue weighted by molar-refractivity contribution is 6.29. The van der Waals surface area contributed by atoms with Gasteiger partial charge in [-0.1, -0.05) is 140 Å². The molecule has 0 amide bonds. The molecule has 8 aromatic carbocycles. The van der Waals surface area contributed by atoms with Crippen molar-refractivity contribution in [3.63, 3.8) is 0 Å². The van der Waals surface area contributed by atoms with E-state index < -0.39 is 0 Å². The van der Waals surface area contributed by atoms with Crippen LogP contribution in [0.25, 0.3) is 99.9 Å². The van der Waals surface area contributed by atoms with Crippen LogP contribution in [0.2, 0.25) is 0 Å². The molecule has 5 nitrogen and oxygen atoms in total. The Morgan fingerprint density at radius 3 is 1.41 bits per heavy atom. The third-order valence-electron chi connectivity index (χ3n) is 10.5. The van der Waals surface area contributed by atoms with Gasteiger partial charge in [-0.2, -0.15) is 0 Å². The Morgan fingerprint density at radius 1 is 0.315 bits per heavy atom. The third kappa shape index (κ3) is 4.69. The number of fused-ring (bicyclic) bond motifs is 8. The number of benzene rings is 8. The van der Waals surface area contributed by atoms with Crippen molar-refractivity contribution in [1.29, 1.82) is 0 Å². The monoisotopic (exact) mass is 691 g/mol. The van der Waals surface area contributed by atoms with E-state index in [-0.39, 0.29) is 0 Å². The Labute approximate surface area is 311 Å². The molecule has 0 N–H and O–H groups in total. The molecule has 0 aliphatic rings. The van der Waals surface area contributed by atoms with Crippen LogP contribution in [0.4, 0.5) is 0 Å². The highest BCUT2D eigenvalue weighted by atomic mass is 15.7. The van der Waals surface area contributed by atoms with Crippen LogP contribution in [0.15, 0.2) is 188 Å². The minimum atomic E-state index is 0.648. The molecule has 252 valence electrons. The van der Waals surface area contributed by atoms with Crippen molar-refractivity contribution in [3.8, 4) is 45.5 Å². The van der Waals surface area contributed by atoms with Gasteiger partial charge in [0.1, 0.15) is 0 Å². The van der Waals surface area contributed by atoms with E-state index in [1.807, 2.05) is 60.7 Å². The Hall–Kier alpha value is -7.37. The molecule has 0 saturated carbocycles. The zero-order valence-electron chi connectivity index (χ0n) is 29.1. The smallest absolute Gasteiger partial charge is 0.164 e. The van der Waals surface area contributed by atoms with Gasteiger partial charge in [-0.3, -0.25) is 0 Å². The van der Waals surface area contributed by atoms with E-state index in [1.165, 1.54) is 43.6 Å². The van der Waals surface area contributed by atoms with Crippen molar-refractivity contribution in [2.75, 3.05) is 0 Å². The van der Waals surface area contributed by atoms with Gasteiger partial charge in [0.05, 0.1) is 22.1 Å². The normalized spacial score (nSPS) is 11.7. The van der Waals surface area contributed by atoms with E-state index in [9.17, 15) is 0 Å². The summed E-state index contributed by atoms with van der Waals surface area (Å²) in [5.41, 5.74) is 9.87. The summed E-state index contributed by atoms with van der Waals surface area (Å²) in [5.74, 6) is 1.95. The molecule has 0 atom stereocenters. The van der Waals surface area contributed by atoms with Gasteiger partial charge >= 0.3 is 0 Å². The van der Waals surface area contributed by atoms with Gasteiger partial charge in [0.2, 0.25) is 0 Å². The summed E-state index contributed by atoms with van der Waals surface area (Å²) in [4.78, 5) is 15.0. The molecule has 5 heteroatoms. The van der Waals surface area contributed by atoms with Crippen LogP contribution >= 0.6 is 0 Å². The van der Waals surface area contributed by atoms with Crippen LogP contribution < -0.4 is 0 Å². The minimum Gasteiger partial charge on any atom is -0.309 e. The van der Waals surface area contributed by atoms with Crippen LogP contribution in [-0.4, -0.2) is 24.1 Å². The van der Waals surface area contributed by atoms with Crippen LogP contribution in [0.1, 0.15) is 0 Å². The predicted molar refractivity (Wildman–Crippen MR) is 222 cm³/mol. The van der Waals surface area contributed by atoms with E-state index in [1.54, 1.807) is 0 Å². The molecule has 0 spiro atoms. The average Bonchev–Trinajstić information content (AvgIpc) is 3.77. The van der Waals surface area contributed by atoms with Crippen molar-refractivity contribution >= 4 is 54.4 Å². The Balaban J connectivity index is 1.13. The van der Waals surface area contributed by atoms with Gasteiger partial charge in [-0.05, 0) is 59.3 Å². The number of aromatic nitrogens is 5. The first-order valence-corrected chi connectivity index (χ1v) is 18.2. The fraction of sp³-hybridized carbons (Fsp3) is 0. The quantitative estimate of drug-likeness (QED) is 0.180. The Kier molecular flexibility index (Phi) is 6.79. The van der Waals surface area contributed by atoms with Crippen LogP contribution in [0, 0.1) is 0 Å². The van der Waals surface area contributed by atoms with E-state index in [0.717, 1.165) is 38.8 Å². The molecule has 11 aromatic rings. The van der Waals surface area contributed by atoms with E-state index >= 15 is 0 Å². The summed E-state index contributed by atoms with van der Waals surface area (Å²) in [5, 5.41) is 7.20. The fourth-order valence-corrected chi connectivity index (χ4v) is 8.19. The number of hydrogen-bond acceptors (Lipinski definition) is 3. The summed E-state index contributed by atoms with van der Waals surface area (Å²) in [6.07, 6.45) is 0. The molecule has 0 aliphatic carbocycles. The standard InChI is InChI=1S/C49H31N5/c1-4-15-32(16-5-1)47-50-48(33-17-6-2-7-18-33)52-49(51-47)38-24-14-19-34-31-36(27-28-37(34)38)54-42-26-13-11-23-40(42)46-44(54)30-29-43-45(46)39-22-10-12-25-41(39)53(43)35-20-8-3-9-21-35/h1-31H/i53+1,54+1. The maximum Gasteiger partial charge on any atom is 0.164 e. The van der Waals surface area contributed by atoms with Crippen LogP contribution in [-0.2, 0) is 0 Å². The summed E-state index contributed by atoms with van der Waals surface area (Å²) < 4.78 is 4.80. The van der Waals surface area contributed by atoms with Gasteiger partial charge in [-0.25, -0.2) is 15.0 Å². The third-order valence-corrected chi connectivity index (χ3v) is 10.5. The molecule has 3 aromatic heterocycles. The van der Waals surface area contributed by atoms with Gasteiger partial charge in [0, 0.05) is 49.6 Å². The van der Waals surface area contributed by atoms with Crippen molar-refractivity contribution in [2.24, 2.45) is 0 Å². The number of nitrogens with zero attached hydrogens (tertiary/aromatic N) is 5. The first-order chi connectivity index (χ1) is 26.8. The van der Waals surface area contributed by atoms with E-state index in [4.69, 9.17) is 15.0 Å². The van der Waals surface area contributed by atoms with Gasteiger partial charge in [0.15, 0.2) is 17.5 Å². The van der Waals surface area contributed by atoms with E-state index in [2.05, 4.69) is 137 Å². The molecule has 0 aliphatic heterocycles. The Morgan fingerprint density at radius 2 is 0.815 bits per heavy atom. The van der Waals surface area contributed by atoms with Crippen molar-refractivity contribution < 1.29 is 0 Å². The molecule has 3 heterocycles. The van der Waals surface area contributed by atoms with Crippen LogP contribution in [0.3, 0.4) is 0 Å². The lowest BCUT2D eigenvalue weighted by molar-refractivity contribution is 1.08. The summed E-state index contributed by atoms with van der Waals surface area (Å²) in [6.45, 7) is 0. The molecular weight excluding hydrogens is 661 g/mol. The van der Waals surface area contributed by atoms with Crippen LogP contribution in [0.5, 0.6) is 0 Å². The summed E-state index contributed by atoms with van der Waals surface area (Å²) in [6, 6.07) is 66.2.